The molecule has 0 saturated carbocycles. The Hall–Kier alpha value is -1.56. The van der Waals surface area contributed by atoms with Crippen LogP contribution in [0.4, 0.5) is 0 Å². The number of carbonyl (C=O) groups excluding carboxylic acids is 2. The van der Waals surface area contributed by atoms with Gasteiger partial charge >= 0.3 is 0 Å². The molecule has 0 aliphatic carbocycles. The van der Waals surface area contributed by atoms with Crippen LogP contribution in [-0.2, 0) is 4.79 Å². The van der Waals surface area contributed by atoms with Gasteiger partial charge in [-0.3, -0.25) is 9.59 Å². The number of aromatic hydroxyl groups is 1. The van der Waals surface area contributed by atoms with E-state index in [1.165, 1.54) is 11.0 Å². The first-order chi connectivity index (χ1) is 9.04. The van der Waals surface area contributed by atoms with Gasteiger partial charge in [0.2, 0.25) is 5.91 Å². The number of nitrogens with zero attached hydrogens (tertiary/aromatic N) is 1. The standard InChI is InChI=1S/C13H15BrN2O3/c1-15-12(18)10-3-2-6-16(10)13(19)9-5-4-8(14)7-11(9)17/h4-5,7,10,17H,2-3,6H2,1H3,(H,15,18). The number of phenols is 1. The van der Waals surface area contributed by atoms with Crippen LogP contribution >= 0.6 is 15.9 Å². The molecule has 6 heteroatoms. The number of likely N-dealkylation sites (tertiary alicyclic amines) is 1. The minimum Gasteiger partial charge on any atom is -0.507 e. The summed E-state index contributed by atoms with van der Waals surface area (Å²) in [6, 6.07) is 4.28. The lowest BCUT2D eigenvalue weighted by molar-refractivity contribution is -0.124. The Kier molecular flexibility index (Phi) is 4.09. The fourth-order valence-corrected chi connectivity index (χ4v) is 2.64. The number of benzene rings is 1. The molecule has 1 heterocycles. The number of halogens is 1. The number of hydrogen-bond donors (Lipinski definition) is 2. The number of amides is 2. The third kappa shape index (κ3) is 2.73. The van der Waals surface area contributed by atoms with Crippen LogP contribution < -0.4 is 5.32 Å². The van der Waals surface area contributed by atoms with E-state index in [2.05, 4.69) is 21.2 Å². The molecule has 0 aromatic heterocycles. The first-order valence-electron chi connectivity index (χ1n) is 6.05. The number of hydrogen-bond acceptors (Lipinski definition) is 3. The highest BCUT2D eigenvalue weighted by atomic mass is 79.9. The van der Waals surface area contributed by atoms with Crippen molar-refractivity contribution in [3.63, 3.8) is 0 Å². The Morgan fingerprint density at radius 2 is 2.21 bits per heavy atom. The molecule has 2 amide bonds. The molecule has 0 bridgehead atoms. The Balaban J connectivity index is 2.25. The van der Waals surface area contributed by atoms with Gasteiger partial charge in [0, 0.05) is 18.1 Å². The number of rotatable bonds is 2. The van der Waals surface area contributed by atoms with Crippen LogP contribution in [0, 0.1) is 0 Å². The average Bonchev–Trinajstić information content (AvgIpc) is 2.86. The lowest BCUT2D eigenvalue weighted by Gasteiger charge is -2.23. The van der Waals surface area contributed by atoms with Gasteiger partial charge in [-0.25, -0.2) is 0 Å². The summed E-state index contributed by atoms with van der Waals surface area (Å²) in [5.41, 5.74) is 0.221. The highest BCUT2D eigenvalue weighted by Gasteiger charge is 2.34. The molecule has 1 saturated heterocycles. The molecular formula is C13H15BrN2O3. The second-order valence-electron chi connectivity index (χ2n) is 4.43. The molecule has 1 fully saturated rings. The zero-order valence-corrected chi connectivity index (χ0v) is 12.1. The second-order valence-corrected chi connectivity index (χ2v) is 5.35. The van der Waals surface area contributed by atoms with Crippen molar-refractivity contribution in [1.29, 1.82) is 0 Å². The predicted octanol–water partition coefficient (Wildman–Crippen LogP) is 1.51. The van der Waals surface area contributed by atoms with Crippen molar-refractivity contribution in [3.05, 3.63) is 28.2 Å². The molecule has 1 atom stereocenters. The second kappa shape index (κ2) is 5.61. The van der Waals surface area contributed by atoms with Crippen molar-refractivity contribution in [1.82, 2.24) is 10.2 Å². The monoisotopic (exact) mass is 326 g/mol. The summed E-state index contributed by atoms with van der Waals surface area (Å²) in [4.78, 5) is 25.6. The lowest BCUT2D eigenvalue weighted by Crippen LogP contribution is -2.44. The minimum absolute atomic E-state index is 0.0815. The van der Waals surface area contributed by atoms with Gasteiger partial charge in [0.05, 0.1) is 5.56 Å². The minimum atomic E-state index is -0.444. The first kappa shape index (κ1) is 13.9. The molecule has 0 radical (unpaired) electrons. The van der Waals surface area contributed by atoms with Crippen molar-refractivity contribution in [2.24, 2.45) is 0 Å². The van der Waals surface area contributed by atoms with Gasteiger partial charge in [-0.1, -0.05) is 15.9 Å². The van der Waals surface area contributed by atoms with Gasteiger partial charge in [0.1, 0.15) is 11.8 Å². The van der Waals surface area contributed by atoms with Crippen LogP contribution in [0.3, 0.4) is 0 Å². The van der Waals surface area contributed by atoms with E-state index in [1.807, 2.05) is 0 Å². The number of likely N-dealkylation sites (N-methyl/N-ethyl adjacent to an activating group) is 1. The number of carbonyl (C=O) groups is 2. The maximum absolute atomic E-state index is 12.4. The van der Waals surface area contributed by atoms with E-state index in [0.29, 0.717) is 17.4 Å². The van der Waals surface area contributed by atoms with Crippen LogP contribution in [0.15, 0.2) is 22.7 Å². The molecular weight excluding hydrogens is 312 g/mol. The van der Waals surface area contributed by atoms with Gasteiger partial charge in [0.15, 0.2) is 0 Å². The van der Waals surface area contributed by atoms with Crippen molar-refractivity contribution >= 4 is 27.7 Å². The summed E-state index contributed by atoms with van der Waals surface area (Å²) in [6.07, 6.45) is 1.45. The quantitative estimate of drug-likeness (QED) is 0.865. The molecule has 0 spiro atoms. The number of nitrogens with one attached hydrogen (secondary N) is 1. The summed E-state index contributed by atoms with van der Waals surface area (Å²) in [5.74, 6) is -0.555. The molecule has 102 valence electrons. The van der Waals surface area contributed by atoms with E-state index in [1.54, 1.807) is 19.2 Å². The Morgan fingerprint density at radius 3 is 2.84 bits per heavy atom. The van der Waals surface area contributed by atoms with Gasteiger partial charge in [0.25, 0.3) is 5.91 Å². The normalized spacial score (nSPS) is 18.4. The van der Waals surface area contributed by atoms with E-state index in [0.717, 1.165) is 6.42 Å². The molecule has 1 unspecified atom stereocenters. The summed E-state index contributed by atoms with van der Waals surface area (Å²) >= 11 is 3.23. The van der Waals surface area contributed by atoms with Crippen molar-refractivity contribution in [3.8, 4) is 5.75 Å². The predicted molar refractivity (Wildman–Crippen MR) is 73.9 cm³/mol. The Labute approximate surface area is 119 Å². The first-order valence-corrected chi connectivity index (χ1v) is 6.85. The van der Waals surface area contributed by atoms with Gasteiger partial charge < -0.3 is 15.3 Å². The van der Waals surface area contributed by atoms with Crippen LogP contribution in [0.2, 0.25) is 0 Å². The average molecular weight is 327 g/mol. The van der Waals surface area contributed by atoms with Gasteiger partial charge in [-0.2, -0.15) is 0 Å². The molecule has 2 rings (SSSR count). The van der Waals surface area contributed by atoms with E-state index < -0.39 is 6.04 Å². The third-order valence-electron chi connectivity index (χ3n) is 3.25. The summed E-state index contributed by atoms with van der Waals surface area (Å²) in [7, 11) is 1.56. The summed E-state index contributed by atoms with van der Waals surface area (Å²) in [5, 5.41) is 12.4. The van der Waals surface area contributed by atoms with E-state index in [9.17, 15) is 14.7 Å². The topological polar surface area (TPSA) is 69.6 Å². The van der Waals surface area contributed by atoms with Crippen LogP contribution in [0.25, 0.3) is 0 Å². The fraction of sp³-hybridized carbons (Fsp3) is 0.385. The molecule has 1 aromatic carbocycles. The molecule has 1 aliphatic rings. The van der Waals surface area contributed by atoms with E-state index in [-0.39, 0.29) is 23.1 Å². The summed E-state index contributed by atoms with van der Waals surface area (Å²) in [6.45, 7) is 0.534. The largest absolute Gasteiger partial charge is 0.507 e. The smallest absolute Gasteiger partial charge is 0.258 e. The Morgan fingerprint density at radius 1 is 1.47 bits per heavy atom. The maximum Gasteiger partial charge on any atom is 0.258 e. The van der Waals surface area contributed by atoms with E-state index in [4.69, 9.17) is 0 Å². The van der Waals surface area contributed by atoms with Crippen molar-refractivity contribution in [2.75, 3.05) is 13.6 Å². The SMILES string of the molecule is CNC(=O)C1CCCN1C(=O)c1ccc(Br)cc1O. The lowest BCUT2D eigenvalue weighted by atomic mass is 10.1. The number of phenolic OH excluding ortho intramolecular Hbond substituents is 1. The molecule has 1 aliphatic heterocycles. The summed E-state index contributed by atoms with van der Waals surface area (Å²) < 4.78 is 0.700. The van der Waals surface area contributed by atoms with Crippen LogP contribution in [0.1, 0.15) is 23.2 Å². The molecule has 19 heavy (non-hydrogen) atoms. The zero-order valence-electron chi connectivity index (χ0n) is 10.5. The highest BCUT2D eigenvalue weighted by molar-refractivity contribution is 9.10. The molecule has 2 N–H and O–H groups in total. The van der Waals surface area contributed by atoms with Crippen LogP contribution in [0.5, 0.6) is 5.75 Å². The van der Waals surface area contributed by atoms with Crippen LogP contribution in [-0.4, -0.2) is 41.5 Å². The van der Waals surface area contributed by atoms with Crippen molar-refractivity contribution < 1.29 is 14.7 Å². The Bertz CT molecular complexity index is 519. The zero-order chi connectivity index (χ0) is 14.0. The fourth-order valence-electron chi connectivity index (χ4n) is 2.29. The van der Waals surface area contributed by atoms with Gasteiger partial charge in [-0.05, 0) is 31.0 Å². The van der Waals surface area contributed by atoms with Crippen molar-refractivity contribution in [2.45, 2.75) is 18.9 Å². The van der Waals surface area contributed by atoms with E-state index >= 15 is 0 Å². The van der Waals surface area contributed by atoms with Gasteiger partial charge in [-0.15, -0.1) is 0 Å². The molecule has 5 nitrogen and oxygen atoms in total. The molecule has 1 aromatic rings. The highest BCUT2D eigenvalue weighted by Crippen LogP contribution is 2.27. The third-order valence-corrected chi connectivity index (χ3v) is 3.75. The maximum atomic E-state index is 12.4.